The SMILES string of the molecule is Cn1nncc1CNC(=O)N1CCc2[nH]c3c(Cl)cc(Cl)cc3c2C1. The van der Waals surface area contributed by atoms with Crippen LogP contribution in [0.1, 0.15) is 17.0 Å². The minimum atomic E-state index is -0.116. The Labute approximate surface area is 153 Å². The highest BCUT2D eigenvalue weighted by molar-refractivity contribution is 6.38. The lowest BCUT2D eigenvalue weighted by molar-refractivity contribution is 0.191. The van der Waals surface area contributed by atoms with E-state index in [1.54, 1.807) is 28.9 Å². The quantitative estimate of drug-likeness (QED) is 0.719. The molecule has 1 aliphatic heterocycles. The van der Waals surface area contributed by atoms with Crippen LogP contribution in [-0.4, -0.2) is 37.5 Å². The van der Waals surface area contributed by atoms with Gasteiger partial charge in [0.05, 0.1) is 29.0 Å². The van der Waals surface area contributed by atoms with Crippen LogP contribution in [-0.2, 0) is 26.6 Å². The van der Waals surface area contributed by atoms with Crippen molar-refractivity contribution in [3.05, 3.63) is 45.3 Å². The van der Waals surface area contributed by atoms with Crippen LogP contribution >= 0.6 is 23.2 Å². The fraction of sp³-hybridized carbons (Fsp3) is 0.312. The normalized spacial score (nSPS) is 14.0. The van der Waals surface area contributed by atoms with E-state index >= 15 is 0 Å². The van der Waals surface area contributed by atoms with Crippen LogP contribution in [0.3, 0.4) is 0 Å². The first-order chi connectivity index (χ1) is 12.0. The van der Waals surface area contributed by atoms with Crippen molar-refractivity contribution < 1.29 is 4.79 Å². The number of carbonyl (C=O) groups excluding carboxylic acids is 1. The number of hydrogen-bond acceptors (Lipinski definition) is 3. The summed E-state index contributed by atoms with van der Waals surface area (Å²) in [5, 5.41) is 12.7. The molecule has 0 fully saturated rings. The first-order valence-corrected chi connectivity index (χ1v) is 8.63. The molecule has 9 heteroatoms. The van der Waals surface area contributed by atoms with Gasteiger partial charge >= 0.3 is 6.03 Å². The molecule has 1 aromatic carbocycles. The van der Waals surface area contributed by atoms with Crippen LogP contribution in [0.4, 0.5) is 4.79 Å². The number of amides is 2. The summed E-state index contributed by atoms with van der Waals surface area (Å²) in [5.41, 5.74) is 3.90. The van der Waals surface area contributed by atoms with Gasteiger partial charge in [-0.2, -0.15) is 0 Å². The highest BCUT2D eigenvalue weighted by Crippen LogP contribution is 2.34. The molecule has 0 spiro atoms. The standard InChI is InChI=1S/C16H16Cl2N6O/c1-23-10(7-20-22-23)6-19-16(25)24-3-2-14-12(8-24)11-4-9(17)5-13(18)15(11)21-14/h4-5,7,21H,2-3,6,8H2,1H3,(H,19,25). The Morgan fingerprint density at radius 2 is 2.24 bits per heavy atom. The summed E-state index contributed by atoms with van der Waals surface area (Å²) in [6, 6.07) is 3.50. The molecule has 0 atom stereocenters. The number of carbonyl (C=O) groups is 1. The van der Waals surface area contributed by atoms with Crippen molar-refractivity contribution in [2.24, 2.45) is 7.05 Å². The summed E-state index contributed by atoms with van der Waals surface area (Å²) in [7, 11) is 1.79. The summed E-state index contributed by atoms with van der Waals surface area (Å²) in [5.74, 6) is 0. The Kier molecular flexibility index (Phi) is 4.05. The Hall–Kier alpha value is -2.25. The summed E-state index contributed by atoms with van der Waals surface area (Å²) < 4.78 is 1.64. The van der Waals surface area contributed by atoms with Gasteiger partial charge in [-0.3, -0.25) is 4.68 Å². The minimum Gasteiger partial charge on any atom is -0.357 e. The van der Waals surface area contributed by atoms with E-state index in [0.717, 1.165) is 34.3 Å². The Morgan fingerprint density at radius 3 is 3.00 bits per heavy atom. The molecule has 25 heavy (non-hydrogen) atoms. The molecule has 4 rings (SSSR count). The van der Waals surface area contributed by atoms with E-state index in [2.05, 4.69) is 20.6 Å². The number of urea groups is 1. The van der Waals surface area contributed by atoms with Gasteiger partial charge in [-0.1, -0.05) is 28.4 Å². The van der Waals surface area contributed by atoms with E-state index in [0.29, 0.717) is 29.7 Å². The molecule has 2 aromatic heterocycles. The number of aromatic nitrogens is 4. The van der Waals surface area contributed by atoms with E-state index in [-0.39, 0.29) is 6.03 Å². The molecule has 0 bridgehead atoms. The second-order valence-electron chi connectivity index (χ2n) is 6.07. The van der Waals surface area contributed by atoms with Crippen LogP contribution in [0.25, 0.3) is 10.9 Å². The van der Waals surface area contributed by atoms with Crippen LogP contribution in [0.2, 0.25) is 10.0 Å². The Morgan fingerprint density at radius 1 is 1.40 bits per heavy atom. The zero-order valence-electron chi connectivity index (χ0n) is 13.5. The number of hydrogen-bond donors (Lipinski definition) is 2. The third-order valence-corrected chi connectivity index (χ3v) is 5.03. The summed E-state index contributed by atoms with van der Waals surface area (Å²) >= 11 is 12.4. The van der Waals surface area contributed by atoms with Gasteiger partial charge < -0.3 is 15.2 Å². The first-order valence-electron chi connectivity index (χ1n) is 7.87. The lowest BCUT2D eigenvalue weighted by Gasteiger charge is -2.27. The second-order valence-corrected chi connectivity index (χ2v) is 6.92. The number of aryl methyl sites for hydroxylation is 1. The number of aromatic amines is 1. The first kappa shape index (κ1) is 16.2. The molecule has 3 aromatic rings. The molecule has 0 aliphatic carbocycles. The lowest BCUT2D eigenvalue weighted by Crippen LogP contribution is -2.42. The highest BCUT2D eigenvalue weighted by atomic mass is 35.5. The molecule has 2 N–H and O–H groups in total. The lowest BCUT2D eigenvalue weighted by atomic mass is 10.0. The maximum absolute atomic E-state index is 12.5. The van der Waals surface area contributed by atoms with Gasteiger partial charge in [0.25, 0.3) is 0 Å². The zero-order valence-corrected chi connectivity index (χ0v) is 15.0. The molecule has 0 saturated carbocycles. The summed E-state index contributed by atoms with van der Waals surface area (Å²) in [4.78, 5) is 17.7. The fourth-order valence-corrected chi connectivity index (χ4v) is 3.70. The van der Waals surface area contributed by atoms with Crippen molar-refractivity contribution in [3.8, 4) is 0 Å². The molecular weight excluding hydrogens is 363 g/mol. The smallest absolute Gasteiger partial charge is 0.318 e. The maximum atomic E-state index is 12.5. The number of rotatable bonds is 2. The van der Waals surface area contributed by atoms with Crippen LogP contribution in [0.15, 0.2) is 18.3 Å². The predicted molar refractivity (Wildman–Crippen MR) is 95.7 cm³/mol. The van der Waals surface area contributed by atoms with E-state index in [1.807, 2.05) is 6.07 Å². The number of nitrogens with one attached hydrogen (secondary N) is 2. The van der Waals surface area contributed by atoms with Crippen molar-refractivity contribution in [1.82, 2.24) is 30.2 Å². The highest BCUT2D eigenvalue weighted by Gasteiger charge is 2.25. The van der Waals surface area contributed by atoms with Gasteiger partial charge in [0.15, 0.2) is 0 Å². The van der Waals surface area contributed by atoms with Gasteiger partial charge in [-0.15, -0.1) is 5.10 Å². The number of benzene rings is 1. The Bertz CT molecular complexity index is 963. The number of nitrogens with zero attached hydrogens (tertiary/aromatic N) is 4. The van der Waals surface area contributed by atoms with Crippen molar-refractivity contribution in [1.29, 1.82) is 0 Å². The van der Waals surface area contributed by atoms with Crippen molar-refractivity contribution in [3.63, 3.8) is 0 Å². The number of halogens is 2. The summed E-state index contributed by atoms with van der Waals surface area (Å²) in [6.45, 7) is 1.54. The number of H-pyrrole nitrogens is 1. The van der Waals surface area contributed by atoms with E-state index in [1.165, 1.54) is 0 Å². The Balaban J connectivity index is 1.54. The van der Waals surface area contributed by atoms with Crippen LogP contribution < -0.4 is 5.32 Å². The van der Waals surface area contributed by atoms with Gasteiger partial charge in [0, 0.05) is 48.2 Å². The van der Waals surface area contributed by atoms with Crippen LogP contribution in [0, 0.1) is 0 Å². The van der Waals surface area contributed by atoms with Crippen molar-refractivity contribution in [2.45, 2.75) is 19.5 Å². The van der Waals surface area contributed by atoms with Crippen molar-refractivity contribution in [2.75, 3.05) is 6.54 Å². The third kappa shape index (κ3) is 2.94. The zero-order chi connectivity index (χ0) is 17.6. The van der Waals surface area contributed by atoms with Gasteiger partial charge in [0.2, 0.25) is 0 Å². The maximum Gasteiger partial charge on any atom is 0.318 e. The molecular formula is C16H16Cl2N6O. The average Bonchev–Trinajstić information content (AvgIpc) is 3.16. The van der Waals surface area contributed by atoms with Gasteiger partial charge in [0.1, 0.15) is 0 Å². The number of fused-ring (bicyclic) bond motifs is 3. The van der Waals surface area contributed by atoms with Crippen LogP contribution in [0.5, 0.6) is 0 Å². The molecule has 3 heterocycles. The fourth-order valence-electron chi connectivity index (χ4n) is 3.16. The molecule has 2 amide bonds. The topological polar surface area (TPSA) is 78.8 Å². The minimum absolute atomic E-state index is 0.116. The largest absolute Gasteiger partial charge is 0.357 e. The van der Waals surface area contributed by atoms with Gasteiger partial charge in [-0.25, -0.2) is 4.79 Å². The van der Waals surface area contributed by atoms with E-state index in [9.17, 15) is 4.79 Å². The molecule has 1 aliphatic rings. The summed E-state index contributed by atoms with van der Waals surface area (Å²) in [6.07, 6.45) is 2.39. The van der Waals surface area contributed by atoms with E-state index in [4.69, 9.17) is 23.2 Å². The third-order valence-electron chi connectivity index (χ3n) is 4.52. The van der Waals surface area contributed by atoms with Gasteiger partial charge in [-0.05, 0) is 12.1 Å². The van der Waals surface area contributed by atoms with E-state index < -0.39 is 0 Å². The predicted octanol–water partition coefficient (Wildman–Crippen LogP) is 2.87. The average molecular weight is 379 g/mol. The van der Waals surface area contributed by atoms with Crippen molar-refractivity contribution >= 4 is 40.1 Å². The molecule has 0 radical (unpaired) electrons. The molecule has 0 unspecified atom stereocenters. The molecule has 0 saturated heterocycles. The monoisotopic (exact) mass is 378 g/mol. The molecule has 7 nitrogen and oxygen atoms in total. The second kappa shape index (κ2) is 6.24. The molecule has 130 valence electrons.